The van der Waals surface area contributed by atoms with Gasteiger partial charge < -0.3 is 26.3 Å². The number of fused-ring (bicyclic) bond motifs is 1. The highest BCUT2D eigenvalue weighted by molar-refractivity contribution is 6.08. The summed E-state index contributed by atoms with van der Waals surface area (Å²) in [6.45, 7) is 4.72. The Kier molecular flexibility index (Phi) is 6.87. The average Bonchev–Trinajstić information content (AvgIpc) is 2.73. The molecule has 1 amide bonds. The van der Waals surface area contributed by atoms with Gasteiger partial charge in [-0.25, -0.2) is 0 Å². The van der Waals surface area contributed by atoms with Crippen molar-refractivity contribution in [3.8, 4) is 5.75 Å². The summed E-state index contributed by atoms with van der Waals surface area (Å²) in [6.07, 6.45) is 1.81. The molecule has 5 N–H and O–H groups in total. The number of ether oxygens (including phenoxy) is 2. The lowest BCUT2D eigenvalue weighted by molar-refractivity contribution is 0.100. The predicted molar refractivity (Wildman–Crippen MR) is 119 cm³/mol. The van der Waals surface area contributed by atoms with Crippen LogP contribution in [-0.2, 0) is 11.3 Å². The van der Waals surface area contributed by atoms with Gasteiger partial charge in [-0.15, -0.1) is 0 Å². The first kappa shape index (κ1) is 21.5. The lowest BCUT2D eigenvalue weighted by Gasteiger charge is -2.23. The van der Waals surface area contributed by atoms with E-state index in [1.807, 2.05) is 44.2 Å². The molecule has 2 aromatic carbocycles. The number of hydrogen-bond acceptors (Lipinski definition) is 6. The summed E-state index contributed by atoms with van der Waals surface area (Å²) >= 11 is 0. The number of primary amides is 1. The van der Waals surface area contributed by atoms with Crippen molar-refractivity contribution in [2.24, 2.45) is 11.5 Å². The van der Waals surface area contributed by atoms with Gasteiger partial charge in [-0.1, -0.05) is 24.3 Å². The fraction of sp³-hybridized carbons (Fsp3) is 0.304. The lowest BCUT2D eigenvalue weighted by Crippen LogP contribution is -2.22. The zero-order chi connectivity index (χ0) is 21.7. The molecule has 3 aromatic rings. The summed E-state index contributed by atoms with van der Waals surface area (Å²) in [5, 5.41) is 4.32. The number of rotatable bonds is 9. The molecule has 0 saturated heterocycles. The number of benzene rings is 2. The Balaban J connectivity index is 2.02. The summed E-state index contributed by atoms with van der Waals surface area (Å²) in [5.74, 6) is 0.291. The van der Waals surface area contributed by atoms with Gasteiger partial charge in [0.25, 0.3) is 5.91 Å². The molecule has 0 saturated carbocycles. The molecule has 0 bridgehead atoms. The van der Waals surface area contributed by atoms with Gasteiger partial charge in [0.15, 0.2) is 0 Å². The fourth-order valence-electron chi connectivity index (χ4n) is 3.40. The quantitative estimate of drug-likeness (QED) is 0.500. The summed E-state index contributed by atoms with van der Waals surface area (Å²) in [7, 11) is 1.63. The Labute approximate surface area is 176 Å². The van der Waals surface area contributed by atoms with Crippen LogP contribution in [-0.4, -0.2) is 30.6 Å². The maximum Gasteiger partial charge on any atom is 0.250 e. The van der Waals surface area contributed by atoms with Crippen molar-refractivity contribution in [3.63, 3.8) is 0 Å². The topological polar surface area (TPSA) is 112 Å². The van der Waals surface area contributed by atoms with Crippen molar-refractivity contribution >= 4 is 22.5 Å². The molecular formula is C23H28N4O3. The molecule has 0 spiro atoms. The smallest absolute Gasteiger partial charge is 0.250 e. The van der Waals surface area contributed by atoms with Gasteiger partial charge in [0.05, 0.1) is 35.5 Å². The van der Waals surface area contributed by atoms with Gasteiger partial charge in [0.2, 0.25) is 0 Å². The van der Waals surface area contributed by atoms with Crippen LogP contribution in [0.1, 0.15) is 41.4 Å². The standard InChI is InChI=1S/C23H28N4O3/c1-14(2)30-17-9-7-15(8-10-17)20(11-24)27-21-16(13-29-3)12-26-22-18(21)5-4-6-19(22)23(25)28/h4-10,12,14,20H,11,13,24H2,1-3H3,(H2,25,28)(H,26,27)/t20-/m1/s1. The monoisotopic (exact) mass is 408 g/mol. The number of aromatic nitrogens is 1. The van der Waals surface area contributed by atoms with E-state index in [2.05, 4.69) is 10.3 Å². The van der Waals surface area contributed by atoms with Crippen molar-refractivity contribution < 1.29 is 14.3 Å². The Hall–Kier alpha value is -3.16. The molecule has 0 radical (unpaired) electrons. The van der Waals surface area contributed by atoms with Crippen LogP contribution in [0, 0.1) is 0 Å². The Bertz CT molecular complexity index is 1020. The van der Waals surface area contributed by atoms with E-state index in [1.54, 1.807) is 25.4 Å². The minimum absolute atomic E-state index is 0.110. The number of carbonyl (C=O) groups excluding carboxylic acids is 1. The largest absolute Gasteiger partial charge is 0.491 e. The second-order valence-corrected chi connectivity index (χ2v) is 7.33. The highest BCUT2D eigenvalue weighted by atomic mass is 16.5. The Morgan fingerprint density at radius 1 is 1.17 bits per heavy atom. The van der Waals surface area contributed by atoms with Crippen molar-refractivity contribution in [2.45, 2.75) is 32.6 Å². The molecule has 30 heavy (non-hydrogen) atoms. The van der Waals surface area contributed by atoms with Crippen LogP contribution >= 0.6 is 0 Å². The Morgan fingerprint density at radius 2 is 1.90 bits per heavy atom. The predicted octanol–water partition coefficient (Wildman–Crippen LogP) is 3.38. The van der Waals surface area contributed by atoms with E-state index in [0.717, 1.165) is 28.0 Å². The first-order valence-electron chi connectivity index (χ1n) is 9.87. The van der Waals surface area contributed by atoms with E-state index >= 15 is 0 Å². The van der Waals surface area contributed by atoms with Gasteiger partial charge in [-0.05, 0) is 37.6 Å². The van der Waals surface area contributed by atoms with E-state index in [-0.39, 0.29) is 12.1 Å². The lowest BCUT2D eigenvalue weighted by atomic mass is 10.0. The van der Waals surface area contributed by atoms with Gasteiger partial charge in [-0.3, -0.25) is 9.78 Å². The van der Waals surface area contributed by atoms with Crippen LogP contribution in [0.5, 0.6) is 5.75 Å². The van der Waals surface area contributed by atoms with Gasteiger partial charge in [-0.2, -0.15) is 0 Å². The highest BCUT2D eigenvalue weighted by Gasteiger charge is 2.18. The molecule has 7 heteroatoms. The first-order chi connectivity index (χ1) is 14.4. The number of carbonyl (C=O) groups is 1. The Morgan fingerprint density at radius 3 is 2.50 bits per heavy atom. The molecule has 1 atom stereocenters. The molecular weight excluding hydrogens is 380 g/mol. The number of nitrogens with two attached hydrogens (primary N) is 2. The maximum atomic E-state index is 11.9. The summed E-state index contributed by atoms with van der Waals surface area (Å²) in [6, 6.07) is 13.1. The number of methoxy groups -OCH3 is 1. The van der Waals surface area contributed by atoms with Crippen molar-refractivity contribution in [1.29, 1.82) is 0 Å². The highest BCUT2D eigenvalue weighted by Crippen LogP contribution is 2.32. The van der Waals surface area contributed by atoms with E-state index < -0.39 is 5.91 Å². The van der Waals surface area contributed by atoms with Crippen LogP contribution in [0.25, 0.3) is 10.9 Å². The summed E-state index contributed by atoms with van der Waals surface area (Å²) in [4.78, 5) is 16.3. The number of para-hydroxylation sites is 1. The second kappa shape index (κ2) is 9.56. The van der Waals surface area contributed by atoms with Crippen LogP contribution < -0.4 is 21.5 Å². The van der Waals surface area contributed by atoms with E-state index in [1.165, 1.54) is 0 Å². The molecule has 1 heterocycles. The summed E-state index contributed by atoms with van der Waals surface area (Å²) < 4.78 is 11.1. The third-order valence-electron chi connectivity index (χ3n) is 4.75. The van der Waals surface area contributed by atoms with E-state index in [4.69, 9.17) is 20.9 Å². The molecule has 1 aromatic heterocycles. The summed E-state index contributed by atoms with van der Waals surface area (Å²) in [5.41, 5.74) is 15.3. The molecule has 0 fully saturated rings. The molecule has 7 nitrogen and oxygen atoms in total. The third kappa shape index (κ3) is 4.69. The number of amides is 1. The molecule has 0 aliphatic heterocycles. The normalized spacial score (nSPS) is 12.2. The third-order valence-corrected chi connectivity index (χ3v) is 4.75. The molecule has 3 rings (SSSR count). The molecule has 0 unspecified atom stereocenters. The van der Waals surface area contributed by atoms with Crippen LogP contribution in [0.15, 0.2) is 48.7 Å². The van der Waals surface area contributed by atoms with Gasteiger partial charge >= 0.3 is 0 Å². The molecule has 0 aliphatic rings. The number of nitrogens with zero attached hydrogens (tertiary/aromatic N) is 1. The van der Waals surface area contributed by atoms with Crippen LogP contribution in [0.2, 0.25) is 0 Å². The number of nitrogens with one attached hydrogen (secondary N) is 1. The number of hydrogen-bond donors (Lipinski definition) is 3. The minimum Gasteiger partial charge on any atom is -0.491 e. The number of pyridine rings is 1. The van der Waals surface area contributed by atoms with Crippen molar-refractivity contribution in [3.05, 3.63) is 65.4 Å². The zero-order valence-corrected chi connectivity index (χ0v) is 17.5. The fourth-order valence-corrected chi connectivity index (χ4v) is 3.40. The average molecular weight is 409 g/mol. The molecule has 0 aliphatic carbocycles. The first-order valence-corrected chi connectivity index (χ1v) is 9.87. The maximum absolute atomic E-state index is 11.9. The van der Waals surface area contributed by atoms with Gasteiger partial charge in [0, 0.05) is 30.8 Å². The van der Waals surface area contributed by atoms with Crippen molar-refractivity contribution in [1.82, 2.24) is 4.98 Å². The van der Waals surface area contributed by atoms with Crippen LogP contribution in [0.4, 0.5) is 5.69 Å². The zero-order valence-electron chi connectivity index (χ0n) is 17.5. The van der Waals surface area contributed by atoms with Crippen LogP contribution in [0.3, 0.4) is 0 Å². The van der Waals surface area contributed by atoms with Gasteiger partial charge in [0.1, 0.15) is 5.75 Å². The van der Waals surface area contributed by atoms with Crippen molar-refractivity contribution in [2.75, 3.05) is 19.0 Å². The number of anilines is 1. The second-order valence-electron chi connectivity index (χ2n) is 7.33. The van der Waals surface area contributed by atoms with E-state index in [0.29, 0.717) is 24.2 Å². The SMILES string of the molecule is COCc1cnc2c(C(N)=O)cccc2c1N[C@H](CN)c1ccc(OC(C)C)cc1. The minimum atomic E-state index is -0.519. The molecule has 158 valence electrons. The van der Waals surface area contributed by atoms with E-state index in [9.17, 15) is 4.79 Å².